The van der Waals surface area contributed by atoms with E-state index in [1.165, 1.54) is 29.7 Å². The molecule has 0 bridgehead atoms. The molecule has 0 aromatic carbocycles. The number of hydrogen-bond acceptors (Lipinski definition) is 3. The fourth-order valence-corrected chi connectivity index (χ4v) is 3.66. The third-order valence-corrected chi connectivity index (χ3v) is 4.48. The van der Waals surface area contributed by atoms with Crippen molar-refractivity contribution in [3.8, 4) is 0 Å². The van der Waals surface area contributed by atoms with Crippen molar-refractivity contribution in [2.45, 2.75) is 38.0 Å². The fraction of sp³-hybridized carbons (Fsp3) is 0.636. The molecule has 3 rings (SSSR count). The Bertz CT molecular complexity index is 336. The van der Waals surface area contributed by atoms with Crippen molar-refractivity contribution in [1.29, 1.82) is 0 Å². The van der Waals surface area contributed by atoms with Gasteiger partial charge in [-0.3, -0.25) is 4.90 Å². The molecule has 0 unspecified atom stereocenters. The molecule has 2 atom stereocenters. The first-order valence-electron chi connectivity index (χ1n) is 5.34. The van der Waals surface area contributed by atoms with Crippen molar-refractivity contribution in [3.63, 3.8) is 0 Å². The second-order valence-corrected chi connectivity index (χ2v) is 5.24. The minimum atomic E-state index is -0.223. The van der Waals surface area contributed by atoms with Gasteiger partial charge in [0.05, 0.1) is 0 Å². The summed E-state index contributed by atoms with van der Waals surface area (Å²) in [6, 6.07) is 2.56. The molecular weight excluding hydrogens is 194 g/mol. The summed E-state index contributed by atoms with van der Waals surface area (Å²) in [7, 11) is 0. The highest BCUT2D eigenvalue weighted by Crippen LogP contribution is 2.38. The van der Waals surface area contributed by atoms with Gasteiger partial charge in [0.25, 0.3) is 0 Å². The van der Waals surface area contributed by atoms with E-state index in [4.69, 9.17) is 0 Å². The third kappa shape index (κ3) is 1.23. The maximum Gasteiger partial charge on any atom is 0.104 e. The summed E-state index contributed by atoms with van der Waals surface area (Å²) >= 11 is 1.71. The quantitative estimate of drug-likeness (QED) is 0.707. The smallest absolute Gasteiger partial charge is 0.104 e. The molecule has 0 amide bonds. The highest BCUT2D eigenvalue weighted by atomic mass is 32.1. The molecular formula is C11H15NOS. The molecule has 2 aliphatic heterocycles. The Hall–Kier alpha value is -0.380. The molecule has 2 aliphatic rings. The topological polar surface area (TPSA) is 23.5 Å². The monoisotopic (exact) mass is 209 g/mol. The molecule has 2 nitrogen and oxygen atoms in total. The molecule has 0 saturated carbocycles. The molecule has 1 aromatic heterocycles. The van der Waals surface area contributed by atoms with Crippen molar-refractivity contribution >= 4 is 11.3 Å². The van der Waals surface area contributed by atoms with Gasteiger partial charge in [0.15, 0.2) is 0 Å². The highest BCUT2D eigenvalue weighted by molar-refractivity contribution is 7.10. The maximum atomic E-state index is 10.2. The average molecular weight is 209 g/mol. The molecule has 1 fully saturated rings. The van der Waals surface area contributed by atoms with Gasteiger partial charge < -0.3 is 5.11 Å². The van der Waals surface area contributed by atoms with E-state index in [0.29, 0.717) is 6.04 Å². The van der Waals surface area contributed by atoms with Crippen LogP contribution in [0.25, 0.3) is 0 Å². The Kier molecular flexibility index (Phi) is 2.11. The lowest BCUT2D eigenvalue weighted by molar-refractivity contribution is 0.00868. The Morgan fingerprint density at radius 3 is 3.29 bits per heavy atom. The van der Waals surface area contributed by atoms with E-state index < -0.39 is 0 Å². The normalized spacial score (nSPS) is 32.4. The number of aliphatic hydroxyl groups is 1. The predicted octanol–water partition coefficient (Wildman–Crippen LogP) is 2.15. The van der Waals surface area contributed by atoms with E-state index in [0.717, 1.165) is 13.1 Å². The molecule has 0 radical (unpaired) electrons. The summed E-state index contributed by atoms with van der Waals surface area (Å²) in [6.45, 7) is 2.22. The predicted molar refractivity (Wildman–Crippen MR) is 57.3 cm³/mol. The van der Waals surface area contributed by atoms with E-state index in [2.05, 4.69) is 16.3 Å². The fourth-order valence-electron chi connectivity index (χ4n) is 2.70. The number of piperidine rings is 1. The lowest BCUT2D eigenvalue weighted by Crippen LogP contribution is -2.45. The summed E-state index contributed by atoms with van der Waals surface area (Å²) in [4.78, 5) is 3.66. The van der Waals surface area contributed by atoms with Gasteiger partial charge in [0.1, 0.15) is 6.10 Å². The SMILES string of the molecule is O[C@H]1c2sccc2CN2CCCC[C@@H]12. The van der Waals surface area contributed by atoms with Crippen LogP contribution >= 0.6 is 11.3 Å². The number of thiophene rings is 1. The van der Waals surface area contributed by atoms with Crippen LogP contribution < -0.4 is 0 Å². The summed E-state index contributed by atoms with van der Waals surface area (Å²) in [6.07, 6.45) is 3.51. The molecule has 0 spiro atoms. The van der Waals surface area contributed by atoms with Gasteiger partial charge >= 0.3 is 0 Å². The molecule has 1 saturated heterocycles. The first-order valence-corrected chi connectivity index (χ1v) is 6.22. The minimum absolute atomic E-state index is 0.223. The summed E-state index contributed by atoms with van der Waals surface area (Å²) < 4.78 is 0. The van der Waals surface area contributed by atoms with Crippen molar-refractivity contribution in [1.82, 2.24) is 4.90 Å². The van der Waals surface area contributed by atoms with E-state index in [-0.39, 0.29) is 6.10 Å². The molecule has 0 aliphatic carbocycles. The zero-order chi connectivity index (χ0) is 9.54. The van der Waals surface area contributed by atoms with Crippen LogP contribution in [0.4, 0.5) is 0 Å². The highest BCUT2D eigenvalue weighted by Gasteiger charge is 2.35. The van der Waals surface area contributed by atoms with Crippen LogP contribution in [-0.2, 0) is 6.54 Å². The van der Waals surface area contributed by atoms with Gasteiger partial charge in [-0.15, -0.1) is 11.3 Å². The van der Waals surface area contributed by atoms with Gasteiger partial charge in [-0.25, -0.2) is 0 Å². The first kappa shape index (κ1) is 8.89. The van der Waals surface area contributed by atoms with E-state index >= 15 is 0 Å². The summed E-state index contributed by atoms with van der Waals surface area (Å²) in [5.41, 5.74) is 1.35. The molecule has 14 heavy (non-hydrogen) atoms. The number of aliphatic hydroxyl groups excluding tert-OH is 1. The van der Waals surface area contributed by atoms with Crippen molar-refractivity contribution < 1.29 is 5.11 Å². The van der Waals surface area contributed by atoms with E-state index in [1.54, 1.807) is 11.3 Å². The second-order valence-electron chi connectivity index (χ2n) is 4.29. The number of fused-ring (bicyclic) bond motifs is 2. The lowest BCUT2D eigenvalue weighted by atomic mass is 9.91. The Morgan fingerprint density at radius 1 is 1.43 bits per heavy atom. The van der Waals surface area contributed by atoms with Gasteiger partial charge in [-0.2, -0.15) is 0 Å². The van der Waals surface area contributed by atoms with Crippen molar-refractivity contribution in [2.75, 3.05) is 6.54 Å². The van der Waals surface area contributed by atoms with Crippen LogP contribution in [0.2, 0.25) is 0 Å². The van der Waals surface area contributed by atoms with Crippen LogP contribution in [0.5, 0.6) is 0 Å². The van der Waals surface area contributed by atoms with E-state index in [9.17, 15) is 5.11 Å². The summed E-state index contributed by atoms with van der Waals surface area (Å²) in [5, 5.41) is 12.3. The van der Waals surface area contributed by atoms with Crippen LogP contribution in [-0.4, -0.2) is 22.6 Å². The zero-order valence-electron chi connectivity index (χ0n) is 8.15. The number of rotatable bonds is 0. The second kappa shape index (κ2) is 3.33. The van der Waals surface area contributed by atoms with Crippen molar-refractivity contribution in [3.05, 3.63) is 21.9 Å². The first-order chi connectivity index (χ1) is 6.86. The van der Waals surface area contributed by atoms with Gasteiger partial charge in [-0.05, 0) is 36.4 Å². The number of hydrogen-bond donors (Lipinski definition) is 1. The average Bonchev–Trinajstić information content (AvgIpc) is 2.66. The lowest BCUT2D eigenvalue weighted by Gasteiger charge is -2.41. The van der Waals surface area contributed by atoms with Gasteiger partial charge in [-0.1, -0.05) is 6.42 Å². The maximum absolute atomic E-state index is 10.2. The molecule has 1 N–H and O–H groups in total. The van der Waals surface area contributed by atoms with Crippen molar-refractivity contribution in [2.24, 2.45) is 0 Å². The largest absolute Gasteiger partial charge is 0.386 e. The molecule has 3 heterocycles. The molecule has 3 heteroatoms. The minimum Gasteiger partial charge on any atom is -0.386 e. The van der Waals surface area contributed by atoms with Crippen LogP contribution in [0.3, 0.4) is 0 Å². The Morgan fingerprint density at radius 2 is 2.36 bits per heavy atom. The van der Waals surface area contributed by atoms with E-state index in [1.807, 2.05) is 0 Å². The van der Waals surface area contributed by atoms with Crippen LogP contribution in [0, 0.1) is 0 Å². The number of nitrogens with zero attached hydrogens (tertiary/aromatic N) is 1. The molecule has 76 valence electrons. The van der Waals surface area contributed by atoms with Crippen LogP contribution in [0.15, 0.2) is 11.4 Å². The summed E-state index contributed by atoms with van der Waals surface area (Å²) in [5.74, 6) is 0. The Balaban J connectivity index is 1.96. The third-order valence-electron chi connectivity index (χ3n) is 3.45. The Labute approximate surface area is 88.2 Å². The zero-order valence-corrected chi connectivity index (χ0v) is 8.96. The standard InChI is InChI=1S/C11H15NOS/c13-10-9-3-1-2-5-12(9)7-8-4-6-14-11(8)10/h4,6,9-10,13H,1-3,5,7H2/t9-,10+/m0/s1. The molecule has 1 aromatic rings. The van der Waals surface area contributed by atoms with Gasteiger partial charge in [0, 0.05) is 17.5 Å². The van der Waals surface area contributed by atoms with Gasteiger partial charge in [0.2, 0.25) is 0 Å². The van der Waals surface area contributed by atoms with Crippen LogP contribution in [0.1, 0.15) is 35.8 Å².